The smallest absolute Gasteiger partial charge is 0.344 e. The summed E-state index contributed by atoms with van der Waals surface area (Å²) in [4.78, 5) is 63.1. The summed E-state index contributed by atoms with van der Waals surface area (Å²) in [5.41, 5.74) is -5.31. The molecule has 2 bridgehead atoms. The van der Waals surface area contributed by atoms with Gasteiger partial charge in [0.15, 0.2) is 6.10 Å². The van der Waals surface area contributed by atoms with Crippen molar-refractivity contribution in [2.75, 3.05) is 0 Å². The highest BCUT2D eigenvalue weighted by molar-refractivity contribution is 5.98. The highest BCUT2D eigenvalue weighted by atomic mass is 16.8. The lowest BCUT2D eigenvalue weighted by molar-refractivity contribution is -0.374. The Morgan fingerprint density at radius 1 is 0.836 bits per heavy atom. The molecule has 2 aliphatic heterocycles. The van der Waals surface area contributed by atoms with Crippen molar-refractivity contribution in [2.24, 2.45) is 5.92 Å². The van der Waals surface area contributed by atoms with Crippen molar-refractivity contribution in [1.29, 1.82) is 0 Å². The van der Waals surface area contributed by atoms with Crippen LogP contribution < -0.4 is 0 Å². The number of carbonyl (C=O) groups is 5. The minimum atomic E-state index is -3.86. The molecule has 0 saturated carbocycles. The Morgan fingerprint density at radius 2 is 1.44 bits per heavy atom. The molecule has 4 rings (SSSR count). The van der Waals surface area contributed by atoms with Crippen molar-refractivity contribution < 1.29 is 68.5 Å². The summed E-state index contributed by atoms with van der Waals surface area (Å²) < 4.78 is 22.2. The van der Waals surface area contributed by atoms with E-state index in [1.165, 1.54) is 6.92 Å². The molecule has 2 aliphatic rings. The van der Waals surface area contributed by atoms with Gasteiger partial charge in [-0.3, -0.25) is 9.59 Å². The summed E-state index contributed by atoms with van der Waals surface area (Å²) in [6.07, 6.45) is 2.93. The van der Waals surface area contributed by atoms with E-state index in [-0.39, 0.29) is 25.2 Å². The second-order valence-corrected chi connectivity index (χ2v) is 14.0. The molecule has 2 aromatic rings. The van der Waals surface area contributed by atoms with Crippen LogP contribution in [0.15, 0.2) is 72.8 Å². The number of unbranched alkanes of at least 4 members (excludes halogenated alkanes) is 4. The number of rotatable bonds is 21. The van der Waals surface area contributed by atoms with E-state index in [2.05, 4.69) is 0 Å². The molecule has 2 fully saturated rings. The molecule has 0 amide bonds. The summed E-state index contributed by atoms with van der Waals surface area (Å²) in [6.45, 7) is 3.09. The number of allylic oxidation sites excluding steroid dienone is 2. The Hall–Kier alpha value is -4.89. The molecule has 5 N–H and O–H groups in total. The van der Waals surface area contributed by atoms with Crippen molar-refractivity contribution in [3.05, 3.63) is 83.9 Å². The van der Waals surface area contributed by atoms with Crippen LogP contribution in [-0.4, -0.2) is 96.8 Å². The van der Waals surface area contributed by atoms with Crippen LogP contribution >= 0.6 is 0 Å². The van der Waals surface area contributed by atoms with Crippen LogP contribution in [0.4, 0.5) is 0 Å². The van der Waals surface area contributed by atoms with Gasteiger partial charge in [-0.15, -0.1) is 0 Å². The van der Waals surface area contributed by atoms with Crippen LogP contribution in [0.2, 0.25) is 0 Å². The first-order chi connectivity index (χ1) is 26.2. The average molecular weight is 767 g/mol. The van der Waals surface area contributed by atoms with Gasteiger partial charge in [-0.1, -0.05) is 105 Å². The molecule has 8 atom stereocenters. The zero-order valence-electron chi connectivity index (χ0n) is 31.0. The van der Waals surface area contributed by atoms with Gasteiger partial charge >= 0.3 is 29.8 Å². The molecule has 0 radical (unpaired) electrons. The number of aliphatic carboxylic acids is 3. The summed E-state index contributed by atoms with van der Waals surface area (Å²) in [6, 6.07) is 19.3. The molecule has 2 aromatic carbocycles. The normalized spacial score (nSPS) is 27.1. The van der Waals surface area contributed by atoms with Gasteiger partial charge in [0, 0.05) is 19.8 Å². The largest absolute Gasteiger partial charge is 0.479 e. The van der Waals surface area contributed by atoms with Crippen LogP contribution in [0.3, 0.4) is 0 Å². The summed E-state index contributed by atoms with van der Waals surface area (Å²) in [7, 11) is 0. The van der Waals surface area contributed by atoms with Gasteiger partial charge in [-0.2, -0.15) is 0 Å². The Kier molecular flexibility index (Phi) is 14.9. The first kappa shape index (κ1) is 42.8. The van der Waals surface area contributed by atoms with E-state index >= 15 is 0 Å². The predicted octanol–water partition coefficient (Wildman–Crippen LogP) is 5.00. The van der Waals surface area contributed by atoms with Crippen molar-refractivity contribution in [2.45, 2.75) is 119 Å². The van der Waals surface area contributed by atoms with Crippen molar-refractivity contribution in [3.8, 4) is 0 Å². The fourth-order valence-electron chi connectivity index (χ4n) is 7.17. The zero-order chi connectivity index (χ0) is 40.2. The summed E-state index contributed by atoms with van der Waals surface area (Å²) in [5.74, 6) is -11.0. The summed E-state index contributed by atoms with van der Waals surface area (Å²) >= 11 is 0. The number of carbonyl (C=O) groups excluding carboxylic acids is 2. The predicted molar refractivity (Wildman–Crippen MR) is 197 cm³/mol. The first-order valence-corrected chi connectivity index (χ1v) is 18.5. The van der Waals surface area contributed by atoms with Crippen molar-refractivity contribution in [3.63, 3.8) is 0 Å². The lowest BCUT2D eigenvalue weighted by Gasteiger charge is -2.48. The number of benzene rings is 2. The number of hydrogen-bond donors (Lipinski definition) is 5. The van der Waals surface area contributed by atoms with Gasteiger partial charge in [-0.05, 0) is 55.6 Å². The Bertz CT molecular complexity index is 1690. The number of fused-ring (bicyclic) bond motifs is 2. The van der Waals surface area contributed by atoms with Crippen LogP contribution in [0.5, 0.6) is 0 Å². The van der Waals surface area contributed by atoms with Crippen LogP contribution in [0.1, 0.15) is 89.2 Å². The minimum absolute atomic E-state index is 0.0313. The van der Waals surface area contributed by atoms with Gasteiger partial charge in [0.2, 0.25) is 23.1 Å². The van der Waals surface area contributed by atoms with E-state index in [0.717, 1.165) is 30.4 Å². The van der Waals surface area contributed by atoms with E-state index in [4.69, 9.17) is 18.9 Å². The Labute approximate surface area is 319 Å². The molecular formula is C41H50O14. The number of ether oxygens (including phenoxy) is 4. The number of carboxylic acids is 3. The number of carboxylic acid groups (broad SMARTS) is 3. The molecule has 14 nitrogen and oxygen atoms in total. The molecule has 0 aromatic heterocycles. The molecule has 0 aliphatic carbocycles. The first-order valence-electron chi connectivity index (χ1n) is 18.5. The molecule has 0 spiro atoms. The van der Waals surface area contributed by atoms with Crippen molar-refractivity contribution in [1.82, 2.24) is 0 Å². The number of hydrogen-bond acceptors (Lipinski definition) is 11. The molecular weight excluding hydrogens is 716 g/mol. The number of aliphatic hydroxyl groups is 2. The molecule has 2 saturated heterocycles. The summed E-state index contributed by atoms with van der Waals surface area (Å²) in [5, 5.41) is 53.7. The standard InChI is InChI=1S/C41H50O14/c1-27(17-15-23-30-21-12-8-13-22-30)31(52-28(2)42)24-16-26-39-33(44)34(41(55-39,38(49)50)40(51,37(47)48)35(54-39)36(45)46)53-32(43)25-14-6-4-3-5-9-18-29-19-10-7-11-20-29/h7-13,15,18-23,27,31,33-35,44,51H,3-6,14,16-17,24-26H2,1-2H3,(H,45,46)(H,47,48)(H,49,50)/b18-9+,23-15+/t27?,31?,33-,34-,35-,39+,40-,41+/m0/s1. The topological polar surface area (TPSA) is 223 Å². The fourth-order valence-corrected chi connectivity index (χ4v) is 7.17. The van der Waals surface area contributed by atoms with Gasteiger partial charge in [0.25, 0.3) is 0 Å². The third-order valence-electron chi connectivity index (χ3n) is 10.1. The van der Waals surface area contributed by atoms with Crippen LogP contribution in [0, 0.1) is 5.92 Å². The fraction of sp³-hybridized carbons (Fsp3) is 0.488. The van der Waals surface area contributed by atoms with E-state index in [9.17, 15) is 49.5 Å². The molecule has 298 valence electrons. The molecule has 14 heteroatoms. The Balaban J connectivity index is 1.47. The maximum Gasteiger partial charge on any atom is 0.344 e. The lowest BCUT2D eigenvalue weighted by Crippen LogP contribution is -2.78. The van der Waals surface area contributed by atoms with E-state index < -0.39 is 77.7 Å². The SMILES string of the molecule is CC(=O)OC(CCC[C@@]12O[C@@H](C(=O)O)[C@](O)(C(=O)O)[C@@](C(=O)O)(O1)[C@@H](OC(=O)CCCCCC/C=C/c1ccccc1)[C@@H]2O)C(C)C/C=C/c1ccccc1. The lowest BCUT2D eigenvalue weighted by atomic mass is 9.74. The second-order valence-electron chi connectivity index (χ2n) is 14.0. The van der Waals surface area contributed by atoms with E-state index in [1.807, 2.05) is 91.9 Å². The van der Waals surface area contributed by atoms with E-state index in [1.54, 1.807) is 0 Å². The van der Waals surface area contributed by atoms with Gasteiger partial charge < -0.3 is 44.5 Å². The Morgan fingerprint density at radius 3 is 2.00 bits per heavy atom. The maximum atomic E-state index is 13.1. The monoisotopic (exact) mass is 766 g/mol. The highest BCUT2D eigenvalue weighted by Crippen LogP contribution is 2.55. The minimum Gasteiger partial charge on any atom is -0.479 e. The quantitative estimate of drug-likeness (QED) is 0.0833. The second kappa shape index (κ2) is 19.1. The third kappa shape index (κ3) is 9.87. The molecule has 55 heavy (non-hydrogen) atoms. The molecule has 2 heterocycles. The van der Waals surface area contributed by atoms with Gasteiger partial charge in [0.1, 0.15) is 12.2 Å². The van der Waals surface area contributed by atoms with E-state index in [0.29, 0.717) is 19.3 Å². The zero-order valence-corrected chi connectivity index (χ0v) is 31.0. The molecule has 2 unspecified atom stereocenters. The average Bonchev–Trinajstić information content (AvgIpc) is 3.36. The van der Waals surface area contributed by atoms with Crippen LogP contribution in [-0.2, 0) is 42.9 Å². The third-order valence-corrected chi connectivity index (χ3v) is 10.1. The van der Waals surface area contributed by atoms with Crippen LogP contribution in [0.25, 0.3) is 12.2 Å². The van der Waals surface area contributed by atoms with Gasteiger partial charge in [-0.25, -0.2) is 14.4 Å². The van der Waals surface area contributed by atoms with Crippen molar-refractivity contribution >= 4 is 42.0 Å². The van der Waals surface area contributed by atoms with Gasteiger partial charge in [0.05, 0.1) is 0 Å². The number of aliphatic hydroxyl groups excluding tert-OH is 1. The highest BCUT2D eigenvalue weighted by Gasteiger charge is 2.85. The maximum absolute atomic E-state index is 13.1. The number of esters is 2.